The van der Waals surface area contributed by atoms with Gasteiger partial charge in [0.25, 0.3) is 0 Å². The summed E-state index contributed by atoms with van der Waals surface area (Å²) in [6.07, 6.45) is 0.0496. The quantitative estimate of drug-likeness (QED) is 0.786. The lowest BCUT2D eigenvalue weighted by molar-refractivity contribution is -0.141. The molecule has 0 aromatic heterocycles. The number of rotatable bonds is 6. The fraction of sp³-hybridized carbons (Fsp3) is 0.467. The van der Waals surface area contributed by atoms with Crippen LogP contribution in [0.2, 0.25) is 5.02 Å². The highest BCUT2D eigenvalue weighted by atomic mass is 35.5. The van der Waals surface area contributed by atoms with E-state index in [1.54, 1.807) is 38.1 Å². The average molecular weight is 329 g/mol. The van der Waals surface area contributed by atoms with Crippen LogP contribution in [0, 0.1) is 0 Å². The van der Waals surface area contributed by atoms with E-state index in [0.717, 1.165) is 0 Å². The van der Waals surface area contributed by atoms with Gasteiger partial charge in [-0.3, -0.25) is 4.79 Å². The lowest BCUT2D eigenvalue weighted by Crippen LogP contribution is -2.52. The Labute approximate surface area is 135 Å². The zero-order valence-corrected chi connectivity index (χ0v) is 13.7. The maximum absolute atomic E-state index is 12.4. The number of carbonyl (C=O) groups excluding carboxylic acids is 2. The molecule has 0 bridgehead atoms. The molecule has 1 aromatic rings. The van der Waals surface area contributed by atoms with E-state index < -0.39 is 17.5 Å². The van der Waals surface area contributed by atoms with Gasteiger partial charge in [0.15, 0.2) is 0 Å². The minimum Gasteiger partial charge on any atom is -0.469 e. The number of nitrogens with zero attached hydrogens (tertiary/aromatic N) is 1. The van der Waals surface area contributed by atoms with Crippen LogP contribution in [0.3, 0.4) is 0 Å². The molecule has 2 amide bonds. The molecular formula is C15H21ClN2O4. The Balaban J connectivity index is 2.82. The number of ether oxygens (including phenoxy) is 1. The second kappa shape index (κ2) is 8.00. The summed E-state index contributed by atoms with van der Waals surface area (Å²) in [5, 5.41) is 12.8. The molecule has 6 nitrogen and oxygen atoms in total. The smallest absolute Gasteiger partial charge is 0.322 e. The van der Waals surface area contributed by atoms with Crippen molar-refractivity contribution in [3.8, 4) is 0 Å². The fourth-order valence-corrected chi connectivity index (χ4v) is 1.92. The van der Waals surface area contributed by atoms with Crippen molar-refractivity contribution in [1.29, 1.82) is 0 Å². The first-order valence-corrected chi connectivity index (χ1v) is 7.20. The van der Waals surface area contributed by atoms with Crippen LogP contribution < -0.4 is 5.32 Å². The molecule has 7 heteroatoms. The predicted octanol–water partition coefficient (Wildman–Crippen LogP) is 2.51. The van der Waals surface area contributed by atoms with Gasteiger partial charge in [-0.05, 0) is 38.1 Å². The number of methoxy groups -OCH3 is 1. The van der Waals surface area contributed by atoms with Crippen molar-refractivity contribution in [2.45, 2.75) is 25.8 Å². The van der Waals surface area contributed by atoms with Crippen LogP contribution in [0.4, 0.5) is 10.5 Å². The molecule has 0 aliphatic carbocycles. The molecule has 2 N–H and O–H groups in total. The van der Waals surface area contributed by atoms with E-state index in [1.807, 2.05) is 0 Å². The van der Waals surface area contributed by atoms with Crippen molar-refractivity contribution in [2.75, 3.05) is 25.6 Å². The Kier molecular flexibility index (Phi) is 6.64. The third-order valence-electron chi connectivity index (χ3n) is 3.23. The molecular weight excluding hydrogens is 308 g/mol. The van der Waals surface area contributed by atoms with Gasteiger partial charge in [0.2, 0.25) is 0 Å². The molecule has 0 aliphatic rings. The zero-order chi connectivity index (χ0) is 16.8. The molecule has 0 spiro atoms. The first-order valence-electron chi connectivity index (χ1n) is 6.82. The number of hydrogen-bond acceptors (Lipinski definition) is 4. The second-order valence-electron chi connectivity index (χ2n) is 5.39. The van der Waals surface area contributed by atoms with Gasteiger partial charge in [-0.15, -0.1) is 0 Å². The number of anilines is 1. The van der Waals surface area contributed by atoms with Crippen molar-refractivity contribution in [1.82, 2.24) is 4.90 Å². The highest BCUT2D eigenvalue weighted by Crippen LogP contribution is 2.18. The summed E-state index contributed by atoms with van der Waals surface area (Å²) in [6.45, 7) is 3.33. The minimum atomic E-state index is -0.815. The van der Waals surface area contributed by atoms with Crippen molar-refractivity contribution >= 4 is 29.3 Å². The van der Waals surface area contributed by atoms with E-state index in [9.17, 15) is 14.7 Å². The number of esters is 1. The average Bonchev–Trinajstić information content (AvgIpc) is 2.49. The minimum absolute atomic E-state index is 0.0496. The Morgan fingerprint density at radius 2 is 1.91 bits per heavy atom. The Bertz CT molecular complexity index is 517. The van der Waals surface area contributed by atoms with Gasteiger partial charge in [0.1, 0.15) is 0 Å². The normalized spacial score (nSPS) is 11.0. The van der Waals surface area contributed by atoms with Gasteiger partial charge in [-0.25, -0.2) is 4.79 Å². The number of amides is 2. The topological polar surface area (TPSA) is 78.9 Å². The summed E-state index contributed by atoms with van der Waals surface area (Å²) in [4.78, 5) is 25.1. The first kappa shape index (κ1) is 18.3. The lowest BCUT2D eigenvalue weighted by atomic mass is 10.0. The number of aliphatic hydroxyl groups excluding tert-OH is 1. The summed E-state index contributed by atoms with van der Waals surface area (Å²) in [7, 11) is 1.29. The van der Waals surface area contributed by atoms with Gasteiger partial charge in [-0.1, -0.05) is 11.6 Å². The molecule has 22 heavy (non-hydrogen) atoms. The Morgan fingerprint density at radius 1 is 1.32 bits per heavy atom. The molecule has 0 unspecified atom stereocenters. The lowest BCUT2D eigenvalue weighted by Gasteiger charge is -2.37. The predicted molar refractivity (Wildman–Crippen MR) is 85.0 cm³/mol. The first-order chi connectivity index (χ1) is 10.3. The van der Waals surface area contributed by atoms with E-state index >= 15 is 0 Å². The second-order valence-corrected chi connectivity index (χ2v) is 5.82. The molecule has 0 aliphatic heterocycles. The van der Waals surface area contributed by atoms with Crippen LogP contribution >= 0.6 is 11.6 Å². The Morgan fingerprint density at radius 3 is 2.41 bits per heavy atom. The summed E-state index contributed by atoms with van der Waals surface area (Å²) < 4.78 is 4.58. The molecule has 0 saturated heterocycles. The summed E-state index contributed by atoms with van der Waals surface area (Å²) >= 11 is 5.80. The van der Waals surface area contributed by atoms with E-state index in [1.165, 1.54) is 12.0 Å². The van der Waals surface area contributed by atoms with E-state index in [2.05, 4.69) is 10.1 Å². The number of benzene rings is 1. The monoisotopic (exact) mass is 328 g/mol. The van der Waals surface area contributed by atoms with Gasteiger partial charge in [-0.2, -0.15) is 0 Å². The van der Waals surface area contributed by atoms with Crippen molar-refractivity contribution < 1.29 is 19.4 Å². The van der Waals surface area contributed by atoms with E-state index in [-0.39, 0.29) is 19.6 Å². The van der Waals surface area contributed by atoms with E-state index in [4.69, 9.17) is 11.6 Å². The summed E-state index contributed by atoms with van der Waals surface area (Å²) in [6, 6.07) is 6.25. The van der Waals surface area contributed by atoms with Crippen LogP contribution in [0.5, 0.6) is 0 Å². The molecule has 0 fully saturated rings. The van der Waals surface area contributed by atoms with Crippen molar-refractivity contribution in [2.24, 2.45) is 0 Å². The molecule has 1 rings (SSSR count). The number of carbonyl (C=O) groups is 2. The molecule has 0 radical (unpaired) electrons. The van der Waals surface area contributed by atoms with Crippen molar-refractivity contribution in [3.05, 3.63) is 29.3 Å². The van der Waals surface area contributed by atoms with Crippen LogP contribution in [0.15, 0.2) is 24.3 Å². The number of aliphatic hydroxyl groups is 1. The molecule has 1 aromatic carbocycles. The molecule has 0 atom stereocenters. The third-order valence-corrected chi connectivity index (χ3v) is 3.48. The SMILES string of the molecule is COC(=O)CCN(C(=O)Nc1ccc(Cl)cc1)C(C)(C)CO. The van der Waals surface area contributed by atoms with Crippen LogP contribution in [0.1, 0.15) is 20.3 Å². The van der Waals surface area contributed by atoms with Crippen LogP contribution in [-0.4, -0.2) is 47.8 Å². The van der Waals surface area contributed by atoms with Gasteiger partial charge in [0.05, 0.1) is 25.7 Å². The molecule has 0 saturated carbocycles. The summed E-state index contributed by atoms with van der Waals surface area (Å²) in [5.74, 6) is -0.418. The van der Waals surface area contributed by atoms with Gasteiger partial charge in [0, 0.05) is 17.3 Å². The fourth-order valence-electron chi connectivity index (χ4n) is 1.79. The number of halogens is 1. The zero-order valence-electron chi connectivity index (χ0n) is 12.9. The van der Waals surface area contributed by atoms with E-state index in [0.29, 0.717) is 10.7 Å². The molecule has 122 valence electrons. The third kappa shape index (κ3) is 5.20. The number of hydrogen-bond donors (Lipinski definition) is 2. The molecule has 0 heterocycles. The largest absolute Gasteiger partial charge is 0.469 e. The van der Waals surface area contributed by atoms with Crippen LogP contribution in [0.25, 0.3) is 0 Å². The number of urea groups is 1. The van der Waals surface area contributed by atoms with Gasteiger partial charge >= 0.3 is 12.0 Å². The standard InChI is InChI=1S/C15H21ClN2O4/c1-15(2,10-19)18(9-8-13(20)22-3)14(21)17-12-6-4-11(16)5-7-12/h4-7,19H,8-10H2,1-3H3,(H,17,21). The maximum atomic E-state index is 12.4. The highest BCUT2D eigenvalue weighted by Gasteiger charge is 2.30. The summed E-state index contributed by atoms with van der Waals surface area (Å²) in [5.41, 5.74) is -0.240. The van der Waals surface area contributed by atoms with Gasteiger partial charge < -0.3 is 20.1 Å². The Hall–Kier alpha value is -1.79. The van der Waals surface area contributed by atoms with Crippen LogP contribution in [-0.2, 0) is 9.53 Å². The number of nitrogens with one attached hydrogen (secondary N) is 1. The highest BCUT2D eigenvalue weighted by molar-refractivity contribution is 6.30. The maximum Gasteiger partial charge on any atom is 0.322 e. The van der Waals surface area contributed by atoms with Crippen molar-refractivity contribution in [3.63, 3.8) is 0 Å².